The van der Waals surface area contributed by atoms with Crippen LogP contribution >= 0.6 is 11.6 Å². The fraction of sp³-hybridized carbons (Fsp3) is 0.364. The summed E-state index contributed by atoms with van der Waals surface area (Å²) in [6.45, 7) is 5.41. The molecule has 1 atom stereocenters. The second-order valence-electron chi connectivity index (χ2n) is 7.51. The van der Waals surface area contributed by atoms with Gasteiger partial charge in [0.25, 0.3) is 0 Å². The molecule has 2 amide bonds. The number of halogens is 1. The Morgan fingerprint density at radius 3 is 2.50 bits per heavy atom. The largest absolute Gasteiger partial charge is 0.463 e. The Labute approximate surface area is 191 Å². The molecule has 9 nitrogen and oxygen atoms in total. The third kappa shape index (κ3) is 5.00. The van der Waals surface area contributed by atoms with Gasteiger partial charge in [-0.1, -0.05) is 23.7 Å². The SMILES string of the molecule is CCOC(=O)C1=C(CN2CCN(c3ncccn3)CC2)NC(=O)N[C@H]1c1ccc(Cl)cc1. The van der Waals surface area contributed by atoms with Gasteiger partial charge in [0.15, 0.2) is 0 Å². The molecule has 0 saturated carbocycles. The van der Waals surface area contributed by atoms with Crippen molar-refractivity contribution in [2.45, 2.75) is 13.0 Å². The summed E-state index contributed by atoms with van der Waals surface area (Å²) in [6, 6.07) is 7.89. The zero-order chi connectivity index (χ0) is 22.5. The van der Waals surface area contributed by atoms with Crippen LogP contribution < -0.4 is 15.5 Å². The lowest BCUT2D eigenvalue weighted by atomic mass is 9.95. The summed E-state index contributed by atoms with van der Waals surface area (Å²) >= 11 is 6.02. The van der Waals surface area contributed by atoms with Crippen LogP contribution in [0.4, 0.5) is 10.7 Å². The molecule has 1 fully saturated rings. The molecule has 1 aromatic heterocycles. The van der Waals surface area contributed by atoms with E-state index in [4.69, 9.17) is 16.3 Å². The van der Waals surface area contributed by atoms with Gasteiger partial charge in [0.1, 0.15) is 0 Å². The van der Waals surface area contributed by atoms with Crippen molar-refractivity contribution in [3.8, 4) is 0 Å². The van der Waals surface area contributed by atoms with E-state index in [-0.39, 0.29) is 12.6 Å². The van der Waals surface area contributed by atoms with Crippen molar-refractivity contribution in [1.29, 1.82) is 0 Å². The first-order valence-corrected chi connectivity index (χ1v) is 10.9. The Morgan fingerprint density at radius 1 is 1.16 bits per heavy atom. The Hall–Kier alpha value is -3.17. The van der Waals surface area contributed by atoms with Crippen LogP contribution in [0.2, 0.25) is 5.02 Å². The van der Waals surface area contributed by atoms with Crippen molar-refractivity contribution in [2.24, 2.45) is 0 Å². The van der Waals surface area contributed by atoms with E-state index in [1.807, 2.05) is 0 Å². The average Bonchev–Trinajstić information content (AvgIpc) is 2.80. The molecule has 2 aliphatic heterocycles. The van der Waals surface area contributed by atoms with Gasteiger partial charge in [-0.2, -0.15) is 0 Å². The summed E-state index contributed by atoms with van der Waals surface area (Å²) in [6.07, 6.45) is 3.46. The topological polar surface area (TPSA) is 99.7 Å². The van der Waals surface area contributed by atoms with E-state index in [0.29, 0.717) is 28.8 Å². The Kier molecular flexibility index (Phi) is 6.87. The molecule has 3 heterocycles. The highest BCUT2D eigenvalue weighted by molar-refractivity contribution is 6.30. The molecule has 2 N–H and O–H groups in total. The van der Waals surface area contributed by atoms with Crippen LogP contribution in [0, 0.1) is 0 Å². The number of anilines is 1. The van der Waals surface area contributed by atoms with Crippen molar-refractivity contribution >= 4 is 29.5 Å². The number of carbonyl (C=O) groups is 2. The highest BCUT2D eigenvalue weighted by atomic mass is 35.5. The lowest BCUT2D eigenvalue weighted by Crippen LogP contribution is -2.52. The number of rotatable bonds is 6. The van der Waals surface area contributed by atoms with Crippen LogP contribution in [0.1, 0.15) is 18.5 Å². The number of urea groups is 1. The van der Waals surface area contributed by atoms with Gasteiger partial charge in [0.2, 0.25) is 5.95 Å². The first-order valence-electron chi connectivity index (χ1n) is 10.5. The van der Waals surface area contributed by atoms with Gasteiger partial charge >= 0.3 is 12.0 Å². The molecular formula is C22H25ClN6O3. The average molecular weight is 457 g/mol. The van der Waals surface area contributed by atoms with Crippen molar-refractivity contribution in [1.82, 2.24) is 25.5 Å². The van der Waals surface area contributed by atoms with E-state index >= 15 is 0 Å². The number of nitrogens with zero attached hydrogens (tertiary/aromatic N) is 4. The minimum atomic E-state index is -0.617. The molecule has 1 aromatic carbocycles. The van der Waals surface area contributed by atoms with E-state index in [0.717, 1.165) is 31.7 Å². The molecule has 0 radical (unpaired) electrons. The summed E-state index contributed by atoms with van der Waals surface area (Å²) in [5.74, 6) is 0.253. The van der Waals surface area contributed by atoms with E-state index in [2.05, 4.69) is 30.4 Å². The molecule has 32 heavy (non-hydrogen) atoms. The number of hydrogen-bond acceptors (Lipinski definition) is 7. The number of carbonyl (C=O) groups excluding carboxylic acids is 2. The standard InChI is InChI=1S/C22H25ClN6O3/c1-2-32-20(30)18-17(26-22(31)27-19(18)15-4-6-16(23)7-5-15)14-28-10-12-29(13-11-28)21-24-8-3-9-25-21/h3-9,19H,2,10-14H2,1H3,(H2,26,27,31)/t19-/m0/s1. The van der Waals surface area contributed by atoms with Crippen LogP contribution in [-0.2, 0) is 9.53 Å². The van der Waals surface area contributed by atoms with Crippen LogP contribution in [0.5, 0.6) is 0 Å². The van der Waals surface area contributed by atoms with Gasteiger partial charge in [-0.25, -0.2) is 19.6 Å². The first-order chi connectivity index (χ1) is 15.5. The summed E-state index contributed by atoms with van der Waals surface area (Å²) < 4.78 is 5.33. The number of piperazine rings is 1. The van der Waals surface area contributed by atoms with Crippen LogP contribution in [0.3, 0.4) is 0 Å². The zero-order valence-electron chi connectivity index (χ0n) is 17.8. The lowest BCUT2D eigenvalue weighted by molar-refractivity contribution is -0.139. The molecule has 4 rings (SSSR count). The molecular weight excluding hydrogens is 432 g/mol. The molecule has 2 aliphatic rings. The third-order valence-corrected chi connectivity index (χ3v) is 5.69. The normalized spacial score (nSPS) is 19.4. The predicted molar refractivity (Wildman–Crippen MR) is 120 cm³/mol. The Bertz CT molecular complexity index is 990. The lowest BCUT2D eigenvalue weighted by Gasteiger charge is -2.37. The van der Waals surface area contributed by atoms with E-state index in [1.54, 1.807) is 49.6 Å². The van der Waals surface area contributed by atoms with Gasteiger partial charge < -0.3 is 20.3 Å². The maximum absolute atomic E-state index is 12.9. The van der Waals surface area contributed by atoms with Crippen molar-refractivity contribution in [2.75, 3.05) is 44.2 Å². The fourth-order valence-corrected chi connectivity index (χ4v) is 4.01. The van der Waals surface area contributed by atoms with Crippen LogP contribution in [0.25, 0.3) is 0 Å². The van der Waals surface area contributed by atoms with E-state index in [1.165, 1.54) is 0 Å². The molecule has 0 aliphatic carbocycles. The molecule has 2 aromatic rings. The summed E-state index contributed by atoms with van der Waals surface area (Å²) in [5, 5.41) is 6.25. The Morgan fingerprint density at radius 2 is 1.84 bits per heavy atom. The van der Waals surface area contributed by atoms with Gasteiger partial charge in [-0.05, 0) is 30.7 Å². The summed E-state index contributed by atoms with van der Waals surface area (Å²) in [4.78, 5) is 38.3. The number of aromatic nitrogens is 2. The van der Waals surface area contributed by atoms with Gasteiger partial charge in [0.05, 0.1) is 18.2 Å². The number of ether oxygens (including phenoxy) is 1. The summed E-state index contributed by atoms with van der Waals surface area (Å²) in [5.41, 5.74) is 1.72. The maximum Gasteiger partial charge on any atom is 0.338 e. The maximum atomic E-state index is 12.9. The molecule has 168 valence electrons. The van der Waals surface area contributed by atoms with Gasteiger partial charge in [-0.15, -0.1) is 0 Å². The highest BCUT2D eigenvalue weighted by Gasteiger charge is 2.34. The Balaban J connectivity index is 1.56. The van der Waals surface area contributed by atoms with Gasteiger partial charge in [-0.3, -0.25) is 4.90 Å². The highest BCUT2D eigenvalue weighted by Crippen LogP contribution is 2.29. The monoisotopic (exact) mass is 456 g/mol. The number of amides is 2. The molecule has 1 saturated heterocycles. The smallest absolute Gasteiger partial charge is 0.338 e. The van der Waals surface area contributed by atoms with E-state index in [9.17, 15) is 9.59 Å². The number of nitrogens with one attached hydrogen (secondary N) is 2. The second-order valence-corrected chi connectivity index (χ2v) is 7.94. The number of hydrogen-bond donors (Lipinski definition) is 2. The first kappa shape index (κ1) is 22.0. The molecule has 0 spiro atoms. The predicted octanol–water partition coefficient (Wildman–Crippen LogP) is 2.12. The number of benzene rings is 1. The third-order valence-electron chi connectivity index (χ3n) is 5.44. The van der Waals surface area contributed by atoms with Crippen LogP contribution in [-0.4, -0.2) is 66.2 Å². The van der Waals surface area contributed by atoms with Crippen LogP contribution in [0.15, 0.2) is 54.0 Å². The quantitative estimate of drug-likeness (QED) is 0.642. The molecule has 0 bridgehead atoms. The van der Waals surface area contributed by atoms with Crippen molar-refractivity contribution in [3.63, 3.8) is 0 Å². The fourth-order valence-electron chi connectivity index (χ4n) is 3.88. The molecule has 10 heteroatoms. The number of esters is 1. The second kappa shape index (κ2) is 9.97. The van der Waals surface area contributed by atoms with E-state index < -0.39 is 12.0 Å². The molecule has 0 unspecified atom stereocenters. The van der Waals surface area contributed by atoms with Gasteiger partial charge in [0, 0.05) is 55.8 Å². The minimum Gasteiger partial charge on any atom is -0.463 e. The zero-order valence-corrected chi connectivity index (χ0v) is 18.5. The summed E-state index contributed by atoms with van der Waals surface area (Å²) in [7, 11) is 0. The minimum absolute atomic E-state index is 0.243. The van der Waals surface area contributed by atoms with Crippen molar-refractivity contribution < 1.29 is 14.3 Å². The van der Waals surface area contributed by atoms with Crippen molar-refractivity contribution in [3.05, 3.63) is 64.6 Å².